The molecule has 0 saturated heterocycles. The summed E-state index contributed by atoms with van der Waals surface area (Å²) in [7, 11) is 1.72. The second kappa shape index (κ2) is 5.37. The van der Waals surface area contributed by atoms with Crippen LogP contribution in [0.25, 0.3) is 0 Å². The Bertz CT molecular complexity index is 400. The first-order valence-electron chi connectivity index (χ1n) is 6.27. The van der Waals surface area contributed by atoms with Crippen molar-refractivity contribution in [1.29, 1.82) is 0 Å². The molecular weight excluding hydrogens is 210 g/mol. The number of nitrogens with one attached hydrogen (secondary N) is 1. The van der Waals surface area contributed by atoms with E-state index in [1.165, 1.54) is 17.5 Å². The fourth-order valence-corrected chi connectivity index (χ4v) is 2.44. The predicted octanol–water partition coefficient (Wildman–Crippen LogP) is 2.72. The molecule has 1 aromatic rings. The van der Waals surface area contributed by atoms with Gasteiger partial charge in [-0.2, -0.15) is 0 Å². The van der Waals surface area contributed by atoms with Crippen LogP contribution in [0.1, 0.15) is 24.5 Å². The number of fused-ring (bicyclic) bond motifs is 1. The van der Waals surface area contributed by atoms with Crippen molar-refractivity contribution in [3.63, 3.8) is 0 Å². The van der Waals surface area contributed by atoms with Crippen LogP contribution < -0.4 is 10.1 Å². The molecule has 1 aliphatic rings. The van der Waals surface area contributed by atoms with Gasteiger partial charge in [-0.3, -0.25) is 0 Å². The Morgan fingerprint density at radius 3 is 3.00 bits per heavy atom. The monoisotopic (exact) mass is 231 g/mol. The van der Waals surface area contributed by atoms with E-state index in [4.69, 9.17) is 4.74 Å². The molecule has 0 radical (unpaired) electrons. The Balaban J connectivity index is 2.08. The molecule has 2 nitrogen and oxygen atoms in total. The highest BCUT2D eigenvalue weighted by molar-refractivity contribution is 5.37. The zero-order valence-electron chi connectivity index (χ0n) is 10.7. The van der Waals surface area contributed by atoms with Crippen LogP contribution in [0.15, 0.2) is 30.9 Å². The highest BCUT2D eigenvalue weighted by Crippen LogP contribution is 2.25. The third-order valence-electron chi connectivity index (χ3n) is 3.49. The van der Waals surface area contributed by atoms with Crippen molar-refractivity contribution in [3.05, 3.63) is 42.0 Å². The standard InChI is InChI=1S/C15H21NO/c1-4-11(2)16-14-7-5-12-6-8-15(17-3)10-13(12)9-14/h4,6,8,10-11,14,16H,1,5,7,9H2,2-3H3. The highest BCUT2D eigenvalue weighted by Gasteiger charge is 2.19. The number of hydrogen-bond donors (Lipinski definition) is 1. The highest BCUT2D eigenvalue weighted by atomic mass is 16.5. The molecule has 0 fully saturated rings. The molecule has 0 saturated carbocycles. The van der Waals surface area contributed by atoms with Gasteiger partial charge < -0.3 is 10.1 Å². The Kier molecular flexibility index (Phi) is 3.85. The van der Waals surface area contributed by atoms with Gasteiger partial charge in [0.25, 0.3) is 0 Å². The van der Waals surface area contributed by atoms with Crippen molar-refractivity contribution in [2.24, 2.45) is 0 Å². The van der Waals surface area contributed by atoms with E-state index < -0.39 is 0 Å². The molecule has 0 spiro atoms. The summed E-state index contributed by atoms with van der Waals surface area (Å²) < 4.78 is 5.28. The van der Waals surface area contributed by atoms with Gasteiger partial charge in [0.2, 0.25) is 0 Å². The normalized spacial score (nSPS) is 20.5. The molecule has 0 aromatic heterocycles. The largest absolute Gasteiger partial charge is 0.497 e. The summed E-state index contributed by atoms with van der Waals surface area (Å²) >= 11 is 0. The number of methoxy groups -OCH3 is 1. The van der Waals surface area contributed by atoms with E-state index in [1.807, 2.05) is 6.08 Å². The molecule has 1 N–H and O–H groups in total. The summed E-state index contributed by atoms with van der Waals surface area (Å²) in [6.45, 7) is 5.96. The van der Waals surface area contributed by atoms with Gasteiger partial charge in [0.1, 0.15) is 5.75 Å². The zero-order valence-corrected chi connectivity index (χ0v) is 10.7. The number of aryl methyl sites for hydroxylation is 1. The van der Waals surface area contributed by atoms with Crippen molar-refractivity contribution >= 4 is 0 Å². The molecule has 92 valence electrons. The van der Waals surface area contributed by atoms with Crippen LogP contribution >= 0.6 is 0 Å². The van der Waals surface area contributed by atoms with Gasteiger partial charge >= 0.3 is 0 Å². The summed E-state index contributed by atoms with van der Waals surface area (Å²) in [5, 5.41) is 3.59. The van der Waals surface area contributed by atoms with E-state index in [0.717, 1.165) is 18.6 Å². The van der Waals surface area contributed by atoms with Gasteiger partial charge in [0.15, 0.2) is 0 Å². The smallest absolute Gasteiger partial charge is 0.119 e. The molecular formula is C15H21NO. The Morgan fingerprint density at radius 1 is 1.47 bits per heavy atom. The second-order valence-electron chi connectivity index (χ2n) is 4.77. The number of ether oxygens (including phenoxy) is 1. The topological polar surface area (TPSA) is 21.3 Å². The maximum Gasteiger partial charge on any atom is 0.119 e. The van der Waals surface area contributed by atoms with Crippen LogP contribution in [0.4, 0.5) is 0 Å². The summed E-state index contributed by atoms with van der Waals surface area (Å²) in [6, 6.07) is 7.36. The molecule has 0 amide bonds. The number of hydrogen-bond acceptors (Lipinski definition) is 2. The lowest BCUT2D eigenvalue weighted by molar-refractivity contribution is 0.409. The minimum Gasteiger partial charge on any atom is -0.497 e. The molecule has 1 aromatic carbocycles. The lowest BCUT2D eigenvalue weighted by Crippen LogP contribution is -2.39. The van der Waals surface area contributed by atoms with Crippen LogP contribution in [-0.2, 0) is 12.8 Å². The third kappa shape index (κ3) is 2.89. The first-order valence-corrected chi connectivity index (χ1v) is 6.27. The lowest BCUT2D eigenvalue weighted by atomic mass is 9.88. The first-order chi connectivity index (χ1) is 8.22. The maximum absolute atomic E-state index is 5.28. The Labute approximate surface area is 104 Å². The summed E-state index contributed by atoms with van der Waals surface area (Å²) in [5.74, 6) is 0.959. The average molecular weight is 231 g/mol. The SMILES string of the molecule is C=CC(C)NC1CCc2ccc(OC)cc2C1. The lowest BCUT2D eigenvalue weighted by Gasteiger charge is -2.27. The van der Waals surface area contributed by atoms with E-state index in [0.29, 0.717) is 12.1 Å². The third-order valence-corrected chi connectivity index (χ3v) is 3.49. The molecule has 0 aliphatic heterocycles. The first kappa shape index (κ1) is 12.2. The molecule has 2 unspecified atom stereocenters. The van der Waals surface area contributed by atoms with Crippen LogP contribution in [0.3, 0.4) is 0 Å². The number of benzene rings is 1. The van der Waals surface area contributed by atoms with Crippen LogP contribution in [0.5, 0.6) is 5.75 Å². The zero-order chi connectivity index (χ0) is 12.3. The molecule has 2 heteroatoms. The van der Waals surface area contributed by atoms with Crippen molar-refractivity contribution < 1.29 is 4.74 Å². The summed E-state index contributed by atoms with van der Waals surface area (Å²) in [6.07, 6.45) is 5.41. The summed E-state index contributed by atoms with van der Waals surface area (Å²) in [5.41, 5.74) is 2.89. The second-order valence-corrected chi connectivity index (χ2v) is 4.77. The molecule has 17 heavy (non-hydrogen) atoms. The van der Waals surface area contributed by atoms with Gasteiger partial charge in [-0.15, -0.1) is 6.58 Å². The molecule has 0 heterocycles. The molecule has 1 aliphatic carbocycles. The number of rotatable bonds is 4. The van der Waals surface area contributed by atoms with Crippen LogP contribution in [0, 0.1) is 0 Å². The molecule has 0 bridgehead atoms. The van der Waals surface area contributed by atoms with E-state index in [2.05, 4.69) is 37.0 Å². The van der Waals surface area contributed by atoms with Crippen molar-refractivity contribution in [2.45, 2.75) is 38.3 Å². The maximum atomic E-state index is 5.28. The van der Waals surface area contributed by atoms with E-state index in [9.17, 15) is 0 Å². The fourth-order valence-electron chi connectivity index (χ4n) is 2.44. The van der Waals surface area contributed by atoms with Gasteiger partial charge in [-0.25, -0.2) is 0 Å². The van der Waals surface area contributed by atoms with Crippen LogP contribution in [0.2, 0.25) is 0 Å². The Hall–Kier alpha value is -1.28. The molecule has 2 rings (SSSR count). The minimum atomic E-state index is 0.382. The van der Waals surface area contributed by atoms with E-state index in [1.54, 1.807) is 7.11 Å². The van der Waals surface area contributed by atoms with Gasteiger partial charge in [0.05, 0.1) is 7.11 Å². The minimum absolute atomic E-state index is 0.382. The van der Waals surface area contributed by atoms with Crippen molar-refractivity contribution in [2.75, 3.05) is 7.11 Å². The quantitative estimate of drug-likeness (QED) is 0.804. The van der Waals surface area contributed by atoms with Crippen molar-refractivity contribution in [1.82, 2.24) is 5.32 Å². The Morgan fingerprint density at radius 2 is 2.29 bits per heavy atom. The van der Waals surface area contributed by atoms with E-state index >= 15 is 0 Å². The van der Waals surface area contributed by atoms with Crippen LogP contribution in [-0.4, -0.2) is 19.2 Å². The van der Waals surface area contributed by atoms with E-state index in [-0.39, 0.29) is 0 Å². The average Bonchev–Trinajstić information content (AvgIpc) is 2.37. The van der Waals surface area contributed by atoms with Gasteiger partial charge in [-0.05, 0) is 49.4 Å². The van der Waals surface area contributed by atoms with Crippen molar-refractivity contribution in [3.8, 4) is 5.75 Å². The predicted molar refractivity (Wildman–Crippen MR) is 71.6 cm³/mol. The fraction of sp³-hybridized carbons (Fsp3) is 0.467. The summed E-state index contributed by atoms with van der Waals surface area (Å²) in [4.78, 5) is 0. The van der Waals surface area contributed by atoms with Gasteiger partial charge in [-0.1, -0.05) is 12.1 Å². The molecule has 2 atom stereocenters. The van der Waals surface area contributed by atoms with Gasteiger partial charge in [0, 0.05) is 12.1 Å².